The first-order valence-electron chi connectivity index (χ1n) is 8.26. The average molecular weight is 430 g/mol. The minimum absolute atomic E-state index is 0.0373. The van der Waals surface area contributed by atoms with E-state index in [1.165, 1.54) is 42.5 Å². The van der Waals surface area contributed by atoms with E-state index in [2.05, 4.69) is 10.9 Å². The molecule has 0 saturated heterocycles. The van der Waals surface area contributed by atoms with Gasteiger partial charge in [0.15, 0.2) is 11.8 Å². The van der Waals surface area contributed by atoms with Crippen molar-refractivity contribution in [1.82, 2.24) is 10.0 Å². The van der Waals surface area contributed by atoms with Crippen LogP contribution >= 0.6 is 0 Å². The van der Waals surface area contributed by atoms with Crippen molar-refractivity contribution in [2.24, 2.45) is 10.9 Å². The summed E-state index contributed by atoms with van der Waals surface area (Å²) in [6.45, 7) is 0. The van der Waals surface area contributed by atoms with E-state index in [0.717, 1.165) is 0 Å². The van der Waals surface area contributed by atoms with Gasteiger partial charge in [-0.15, -0.1) is 6.42 Å². The molecule has 0 aliphatic rings. The van der Waals surface area contributed by atoms with Gasteiger partial charge in [0, 0.05) is 11.1 Å². The summed E-state index contributed by atoms with van der Waals surface area (Å²) in [7, 11) is -4.16. The summed E-state index contributed by atoms with van der Waals surface area (Å²) in [5.74, 6) is 1.21. The van der Waals surface area contributed by atoms with Crippen LogP contribution in [0.1, 0.15) is 11.9 Å². The summed E-state index contributed by atoms with van der Waals surface area (Å²) >= 11 is 0. The van der Waals surface area contributed by atoms with E-state index < -0.39 is 27.9 Å². The van der Waals surface area contributed by atoms with Crippen molar-refractivity contribution in [2.75, 3.05) is 0 Å². The third kappa shape index (κ3) is 4.01. The Kier molecular flexibility index (Phi) is 5.57. The second kappa shape index (κ2) is 7.96. The number of urea groups is 1. The summed E-state index contributed by atoms with van der Waals surface area (Å²) in [6, 6.07) is 8.04. The van der Waals surface area contributed by atoms with Gasteiger partial charge < -0.3 is 10.2 Å². The molecule has 9 nitrogen and oxygen atoms in total. The predicted molar refractivity (Wildman–Crippen MR) is 103 cm³/mol. The number of primary amides is 1. The third-order valence-corrected chi connectivity index (χ3v) is 5.03. The van der Waals surface area contributed by atoms with Gasteiger partial charge in [-0.1, -0.05) is 18.1 Å². The maximum atomic E-state index is 13.4. The van der Waals surface area contributed by atoms with Crippen molar-refractivity contribution >= 4 is 16.1 Å². The highest BCUT2D eigenvalue weighted by atomic mass is 32.2. The van der Waals surface area contributed by atoms with Crippen LogP contribution in [-0.4, -0.2) is 29.7 Å². The van der Waals surface area contributed by atoms with E-state index in [9.17, 15) is 22.8 Å². The fourth-order valence-electron chi connectivity index (χ4n) is 2.72. The summed E-state index contributed by atoms with van der Waals surface area (Å²) in [5, 5.41) is 15.2. The molecule has 3 aromatic rings. The van der Waals surface area contributed by atoms with Crippen LogP contribution in [0.2, 0.25) is 0 Å². The first kappa shape index (κ1) is 21.0. The molecule has 11 heteroatoms. The first-order valence-corrected chi connectivity index (χ1v) is 9.80. The fraction of sp³-hybridized carbons (Fsp3) is 0.0526. The Morgan fingerprint density at radius 3 is 2.43 bits per heavy atom. The Morgan fingerprint density at radius 1 is 1.23 bits per heavy atom. The minimum Gasteiger partial charge on any atom is -0.436 e. The monoisotopic (exact) mass is 430 g/mol. The fourth-order valence-corrected chi connectivity index (χ4v) is 3.45. The maximum Gasteiger partial charge on any atom is 0.340 e. The highest BCUT2D eigenvalue weighted by Crippen LogP contribution is 2.37. The normalized spacial score (nSPS) is 12.2. The number of sulfonamides is 1. The molecular weight excluding hydrogens is 415 g/mol. The Morgan fingerprint density at radius 2 is 1.87 bits per heavy atom. The number of aromatic nitrogens is 1. The molecule has 30 heavy (non-hydrogen) atoms. The lowest BCUT2D eigenvalue weighted by atomic mass is 10.1. The van der Waals surface area contributed by atoms with Crippen LogP contribution in [-0.2, 0) is 10.0 Å². The lowest BCUT2D eigenvalue weighted by Crippen LogP contribution is -2.35. The summed E-state index contributed by atoms with van der Waals surface area (Å²) in [4.78, 5) is 15.3. The molecule has 1 aromatic heterocycles. The number of terminal acetylenes is 1. The molecule has 0 spiro atoms. The largest absolute Gasteiger partial charge is 0.436 e. The molecule has 3 rings (SSSR count). The molecule has 1 atom stereocenters. The number of carbonyl (C=O) groups excluding carboxylic acids is 1. The predicted octanol–water partition coefficient (Wildman–Crippen LogP) is 2.24. The second-order valence-corrected chi connectivity index (χ2v) is 7.56. The average Bonchev–Trinajstić information content (AvgIpc) is 3.13. The van der Waals surface area contributed by atoms with Crippen LogP contribution in [0.3, 0.4) is 0 Å². The smallest absolute Gasteiger partial charge is 0.340 e. The Hall–Kier alpha value is -3.72. The number of oxazole rings is 1. The van der Waals surface area contributed by atoms with Crippen LogP contribution in [0.15, 0.2) is 57.8 Å². The van der Waals surface area contributed by atoms with Crippen LogP contribution in [0.5, 0.6) is 0 Å². The molecule has 2 aromatic carbocycles. The number of nitrogens with zero attached hydrogens (tertiary/aromatic N) is 2. The van der Waals surface area contributed by atoms with Gasteiger partial charge in [0.25, 0.3) is 0 Å². The molecule has 0 aliphatic heterocycles. The van der Waals surface area contributed by atoms with Gasteiger partial charge in [-0.2, -0.15) is 5.06 Å². The van der Waals surface area contributed by atoms with Gasteiger partial charge in [-0.05, 0) is 36.4 Å². The van der Waals surface area contributed by atoms with Crippen LogP contribution in [0.4, 0.5) is 9.18 Å². The molecule has 0 radical (unpaired) electrons. The van der Waals surface area contributed by atoms with Crippen LogP contribution < -0.4 is 10.9 Å². The number of benzene rings is 2. The second-order valence-electron chi connectivity index (χ2n) is 6.03. The van der Waals surface area contributed by atoms with E-state index in [4.69, 9.17) is 21.7 Å². The van der Waals surface area contributed by atoms with Crippen LogP contribution in [0, 0.1) is 18.2 Å². The van der Waals surface area contributed by atoms with Crippen molar-refractivity contribution in [2.45, 2.75) is 10.9 Å². The quantitative estimate of drug-likeness (QED) is 0.321. The summed E-state index contributed by atoms with van der Waals surface area (Å²) < 4.78 is 43.1. The maximum absolute atomic E-state index is 13.4. The van der Waals surface area contributed by atoms with Crippen molar-refractivity contribution in [3.8, 4) is 34.9 Å². The molecule has 1 unspecified atom stereocenters. The highest BCUT2D eigenvalue weighted by Gasteiger charge is 2.29. The minimum atomic E-state index is -4.16. The zero-order chi connectivity index (χ0) is 22.1. The molecule has 0 fully saturated rings. The van der Waals surface area contributed by atoms with E-state index in [0.29, 0.717) is 5.56 Å². The van der Waals surface area contributed by atoms with Gasteiger partial charge in [0.2, 0.25) is 15.9 Å². The molecule has 154 valence electrons. The summed E-state index contributed by atoms with van der Waals surface area (Å²) in [6.07, 6.45) is 5.37. The van der Waals surface area contributed by atoms with Crippen molar-refractivity contribution in [3.63, 3.8) is 0 Å². The number of nitrogens with two attached hydrogens (primary N) is 2. The topological polar surface area (TPSA) is 153 Å². The number of hydrogen-bond acceptors (Lipinski definition) is 6. The van der Waals surface area contributed by atoms with E-state index in [1.54, 1.807) is 6.07 Å². The third-order valence-electron chi connectivity index (χ3n) is 4.06. The number of primary sulfonamides is 1. The SMILES string of the molecule is C#CC(c1nc(-c2ccc(F)cc2)c(-c2ccccc2S(N)(=O)=O)o1)N(O)C(N)=O. The standard InChI is InChI=1S/C19H15FN4O5S/c1-2-14(24(26)19(21)25)18-23-16(11-7-9-12(20)10-8-11)17(29-18)13-5-3-4-6-15(13)30(22,27)28/h1,3-10,14,26H,(H2,21,25)(H2,22,27,28). The van der Waals surface area contributed by atoms with Gasteiger partial charge >= 0.3 is 6.03 Å². The number of rotatable bonds is 5. The molecule has 2 amide bonds. The number of halogens is 1. The van der Waals surface area contributed by atoms with Gasteiger partial charge in [-0.3, -0.25) is 5.21 Å². The molecule has 0 saturated carbocycles. The van der Waals surface area contributed by atoms with E-state index >= 15 is 0 Å². The molecule has 5 N–H and O–H groups in total. The zero-order valence-corrected chi connectivity index (χ0v) is 16.0. The Bertz CT molecular complexity index is 1250. The van der Waals surface area contributed by atoms with Crippen molar-refractivity contribution in [1.29, 1.82) is 0 Å². The number of carbonyl (C=O) groups is 1. The van der Waals surface area contributed by atoms with Gasteiger partial charge in [0.05, 0.1) is 4.90 Å². The van der Waals surface area contributed by atoms with Crippen molar-refractivity contribution in [3.05, 3.63) is 60.2 Å². The van der Waals surface area contributed by atoms with Crippen molar-refractivity contribution < 1.29 is 27.2 Å². The Labute approximate surface area is 170 Å². The van der Waals surface area contributed by atoms with E-state index in [1.807, 2.05) is 0 Å². The first-order chi connectivity index (χ1) is 14.1. The number of amides is 2. The zero-order valence-electron chi connectivity index (χ0n) is 15.2. The molecule has 0 aliphatic carbocycles. The summed E-state index contributed by atoms with van der Waals surface area (Å²) in [5.41, 5.74) is 5.54. The molecule has 0 bridgehead atoms. The number of hydrogen-bond donors (Lipinski definition) is 3. The van der Waals surface area contributed by atoms with Gasteiger partial charge in [-0.25, -0.2) is 27.7 Å². The van der Waals surface area contributed by atoms with E-state index in [-0.39, 0.29) is 32.9 Å². The number of hydroxylamine groups is 2. The Balaban J connectivity index is 2.30. The van der Waals surface area contributed by atoms with Gasteiger partial charge in [0.1, 0.15) is 11.5 Å². The molecular formula is C19H15FN4O5S. The lowest BCUT2D eigenvalue weighted by molar-refractivity contribution is -0.0655. The highest BCUT2D eigenvalue weighted by molar-refractivity contribution is 7.89. The molecule has 1 heterocycles. The lowest BCUT2D eigenvalue weighted by Gasteiger charge is -2.16. The van der Waals surface area contributed by atoms with Crippen LogP contribution in [0.25, 0.3) is 22.6 Å².